The highest BCUT2D eigenvalue weighted by Crippen LogP contribution is 2.42. The lowest BCUT2D eigenvalue weighted by Crippen LogP contribution is -2.35. The highest BCUT2D eigenvalue weighted by atomic mass is 32.1. The van der Waals surface area contributed by atoms with Crippen molar-refractivity contribution in [2.75, 3.05) is 28.2 Å². The Labute approximate surface area is 266 Å². The second kappa shape index (κ2) is 12.3. The number of aromatic nitrogens is 1. The molecule has 2 aliphatic rings. The van der Waals surface area contributed by atoms with Gasteiger partial charge in [-0.3, -0.25) is 9.59 Å². The van der Waals surface area contributed by atoms with Crippen molar-refractivity contribution in [3.63, 3.8) is 0 Å². The molecule has 0 spiro atoms. The van der Waals surface area contributed by atoms with Crippen molar-refractivity contribution >= 4 is 40.3 Å². The first-order valence-corrected chi connectivity index (χ1v) is 16.2. The average Bonchev–Trinajstić information content (AvgIpc) is 3.68. The zero-order valence-corrected chi connectivity index (χ0v) is 25.8. The molecule has 0 saturated carbocycles. The molecule has 0 bridgehead atoms. The Morgan fingerprint density at radius 3 is 2.60 bits per heavy atom. The third kappa shape index (κ3) is 5.73. The number of para-hydroxylation sites is 2. The van der Waals surface area contributed by atoms with Crippen molar-refractivity contribution in [2.45, 2.75) is 38.6 Å². The Morgan fingerprint density at radius 1 is 0.956 bits per heavy atom. The Bertz CT molecular complexity index is 1870. The Hall–Kier alpha value is -4.82. The van der Waals surface area contributed by atoms with Crippen LogP contribution >= 0.6 is 11.3 Å². The number of benzene rings is 3. The number of thiophene rings is 1. The maximum absolute atomic E-state index is 14.4. The van der Waals surface area contributed by atoms with E-state index in [9.17, 15) is 14.0 Å². The number of pyridine rings is 1. The van der Waals surface area contributed by atoms with Crippen LogP contribution in [0.25, 0.3) is 10.4 Å². The van der Waals surface area contributed by atoms with E-state index >= 15 is 0 Å². The molecular weight excluding hydrogens is 583 g/mol. The molecule has 2 aromatic heterocycles. The van der Waals surface area contributed by atoms with Gasteiger partial charge >= 0.3 is 0 Å². The van der Waals surface area contributed by atoms with Gasteiger partial charge in [-0.2, -0.15) is 0 Å². The molecule has 45 heavy (non-hydrogen) atoms. The van der Waals surface area contributed by atoms with E-state index < -0.39 is 5.82 Å². The predicted octanol–water partition coefficient (Wildman–Crippen LogP) is 7.92. The average molecular weight is 617 g/mol. The van der Waals surface area contributed by atoms with Crippen molar-refractivity contribution in [2.24, 2.45) is 0 Å². The maximum Gasteiger partial charge on any atom is 0.276 e. The molecule has 6 nitrogen and oxygen atoms in total. The molecule has 226 valence electrons. The van der Waals surface area contributed by atoms with Crippen LogP contribution in [0.3, 0.4) is 0 Å². The van der Waals surface area contributed by atoms with Gasteiger partial charge in [-0.25, -0.2) is 9.37 Å². The van der Waals surface area contributed by atoms with Crippen LogP contribution in [0.5, 0.6) is 0 Å². The minimum atomic E-state index is -0.463. The summed E-state index contributed by atoms with van der Waals surface area (Å²) in [5, 5.41) is 2.76. The summed E-state index contributed by atoms with van der Waals surface area (Å²) >= 11 is 1.37. The van der Waals surface area contributed by atoms with Crippen molar-refractivity contribution in [3.8, 4) is 10.4 Å². The van der Waals surface area contributed by atoms with E-state index in [0.29, 0.717) is 35.1 Å². The van der Waals surface area contributed by atoms with E-state index in [1.165, 1.54) is 23.0 Å². The summed E-state index contributed by atoms with van der Waals surface area (Å²) < 4.78 is 14.4. The molecule has 1 fully saturated rings. The number of amides is 2. The number of rotatable bonds is 6. The fraction of sp³-hybridized carbons (Fsp3) is 0.216. The van der Waals surface area contributed by atoms with Gasteiger partial charge in [-0.05, 0) is 79.6 Å². The summed E-state index contributed by atoms with van der Waals surface area (Å²) in [7, 11) is 0. The lowest BCUT2D eigenvalue weighted by atomic mass is 10.0. The minimum absolute atomic E-state index is 0.147. The monoisotopic (exact) mass is 616 g/mol. The Kier molecular flexibility index (Phi) is 7.90. The van der Waals surface area contributed by atoms with E-state index in [4.69, 9.17) is 4.98 Å². The predicted molar refractivity (Wildman–Crippen MR) is 179 cm³/mol. The van der Waals surface area contributed by atoms with Crippen LogP contribution in [0.4, 0.5) is 21.6 Å². The van der Waals surface area contributed by atoms with Gasteiger partial charge in [0.25, 0.3) is 11.8 Å². The van der Waals surface area contributed by atoms with Gasteiger partial charge in [0.2, 0.25) is 0 Å². The second-order valence-corrected chi connectivity index (χ2v) is 12.7. The number of hydrogen-bond donors (Lipinski definition) is 1. The van der Waals surface area contributed by atoms with Gasteiger partial charge in [0, 0.05) is 29.6 Å². The van der Waals surface area contributed by atoms with Crippen molar-refractivity contribution in [3.05, 3.63) is 130 Å². The van der Waals surface area contributed by atoms with Crippen LogP contribution in [0.1, 0.15) is 49.7 Å². The number of carbonyl (C=O) groups is 2. The minimum Gasteiger partial charge on any atom is -0.353 e. The molecule has 8 heteroatoms. The molecule has 0 radical (unpaired) electrons. The van der Waals surface area contributed by atoms with Crippen molar-refractivity contribution in [1.29, 1.82) is 0 Å². The highest BCUT2D eigenvalue weighted by molar-refractivity contribution is 7.17. The zero-order chi connectivity index (χ0) is 30.9. The largest absolute Gasteiger partial charge is 0.353 e. The van der Waals surface area contributed by atoms with E-state index in [2.05, 4.69) is 34.5 Å². The molecule has 1 atom stereocenters. The molecular formula is C37H33FN4O2S. The number of anilines is 3. The number of nitrogens with one attached hydrogen (secondary N) is 1. The highest BCUT2D eigenvalue weighted by Gasteiger charge is 2.30. The number of nitrogens with zero attached hydrogens (tertiary/aromatic N) is 3. The number of hydrogen-bond acceptors (Lipinski definition) is 5. The number of aryl methyl sites for hydroxylation is 1. The lowest BCUT2D eigenvalue weighted by molar-refractivity contribution is 0.0981. The summed E-state index contributed by atoms with van der Waals surface area (Å²) in [6, 6.07) is 31.0. The molecule has 5 aromatic rings. The quantitative estimate of drug-likeness (QED) is 0.211. The molecule has 4 heterocycles. The van der Waals surface area contributed by atoms with Gasteiger partial charge in [-0.15, -0.1) is 11.3 Å². The zero-order valence-electron chi connectivity index (χ0n) is 25.0. The van der Waals surface area contributed by atoms with E-state index in [1.807, 2.05) is 53.4 Å². The molecule has 0 aliphatic carbocycles. The molecule has 3 aromatic carbocycles. The van der Waals surface area contributed by atoms with E-state index in [-0.39, 0.29) is 17.5 Å². The van der Waals surface area contributed by atoms with Gasteiger partial charge < -0.3 is 15.1 Å². The summed E-state index contributed by atoms with van der Waals surface area (Å²) in [5.74, 6) is -0.122. The van der Waals surface area contributed by atoms with Crippen LogP contribution in [0.2, 0.25) is 0 Å². The van der Waals surface area contributed by atoms with E-state index in [1.54, 1.807) is 25.1 Å². The van der Waals surface area contributed by atoms with Crippen LogP contribution < -0.4 is 15.1 Å². The third-order valence-corrected chi connectivity index (χ3v) is 9.93. The smallest absolute Gasteiger partial charge is 0.276 e. The number of halogens is 1. The standard InChI is InChI=1S/C37H33FN4O2S/c1-24-10-7-15-29(38)34(24)40-36(43)32-23-26-19-21-42(31-17-6-5-14-28(31)35(26)45-32)37(44)30-16-8-18-33(39-30)41-20-9-13-27(41)22-25-11-3-2-4-12-25/h2-8,10-12,14-18,23,27H,9,13,19-22H2,1H3,(H,40,43)/t27-/m1/s1. The number of fused-ring (bicyclic) bond motifs is 3. The molecule has 0 unspecified atom stereocenters. The van der Waals surface area contributed by atoms with Crippen molar-refractivity contribution < 1.29 is 14.0 Å². The Morgan fingerprint density at radius 2 is 1.76 bits per heavy atom. The van der Waals surface area contributed by atoms with Crippen molar-refractivity contribution in [1.82, 2.24) is 4.98 Å². The summed E-state index contributed by atoms with van der Waals surface area (Å²) in [4.78, 5) is 37.8. The molecule has 1 N–H and O–H groups in total. The Balaban J connectivity index is 1.14. The first-order chi connectivity index (χ1) is 22.0. The molecule has 2 aliphatic heterocycles. The molecule has 7 rings (SSSR count). The van der Waals surface area contributed by atoms with Crippen LogP contribution in [-0.4, -0.2) is 35.9 Å². The fourth-order valence-electron chi connectivity index (χ4n) is 6.46. The summed E-state index contributed by atoms with van der Waals surface area (Å²) in [6.45, 7) is 3.13. The SMILES string of the molecule is Cc1cccc(F)c1NC(=O)c1cc2c(s1)-c1ccccc1N(C(=O)c1cccc(N3CCC[C@@H]3Cc3ccccc3)n1)CC2. The third-order valence-electron chi connectivity index (χ3n) is 8.72. The normalized spacial score (nSPS) is 15.7. The van der Waals surface area contributed by atoms with Crippen LogP contribution in [-0.2, 0) is 12.8 Å². The summed E-state index contributed by atoms with van der Waals surface area (Å²) in [5.41, 5.74) is 5.24. The van der Waals surface area contributed by atoms with Gasteiger partial charge in [0.1, 0.15) is 17.3 Å². The maximum atomic E-state index is 14.4. The molecule has 2 amide bonds. The van der Waals surface area contributed by atoms with Gasteiger partial charge in [0.15, 0.2) is 0 Å². The van der Waals surface area contributed by atoms with Gasteiger partial charge in [0.05, 0.1) is 16.3 Å². The second-order valence-electron chi connectivity index (χ2n) is 11.6. The summed E-state index contributed by atoms with van der Waals surface area (Å²) in [6.07, 6.45) is 3.71. The lowest BCUT2D eigenvalue weighted by Gasteiger charge is -2.27. The van der Waals surface area contributed by atoms with Crippen LogP contribution in [0, 0.1) is 12.7 Å². The van der Waals surface area contributed by atoms with E-state index in [0.717, 1.165) is 53.3 Å². The van der Waals surface area contributed by atoms with Gasteiger partial charge in [-0.1, -0.05) is 66.7 Å². The topological polar surface area (TPSA) is 65.5 Å². The fourth-order valence-corrected chi connectivity index (χ4v) is 7.60. The first-order valence-electron chi connectivity index (χ1n) is 15.3. The first kappa shape index (κ1) is 28.9. The molecule has 1 saturated heterocycles. The van der Waals surface area contributed by atoms with Crippen LogP contribution in [0.15, 0.2) is 97.1 Å². The number of carbonyl (C=O) groups excluding carboxylic acids is 2.